The third-order valence-electron chi connectivity index (χ3n) is 1.13. The minimum atomic E-state index is -1.01. The molecule has 1 heterocycles. The Morgan fingerprint density at radius 2 is 1.93 bits per heavy atom. The summed E-state index contributed by atoms with van der Waals surface area (Å²) in [5.74, 6) is -1.01. The van der Waals surface area contributed by atoms with Crippen LogP contribution in [0, 0.1) is 11.5 Å². The summed E-state index contributed by atoms with van der Waals surface area (Å²) in [6.45, 7) is 4.80. The molecule has 0 spiro atoms. The van der Waals surface area contributed by atoms with Gasteiger partial charge in [0.05, 0.1) is 0 Å². The van der Waals surface area contributed by atoms with Gasteiger partial charge in [0.15, 0.2) is 0 Å². The largest absolute Gasteiger partial charge is 2.00 e. The summed E-state index contributed by atoms with van der Waals surface area (Å²) in [6, 6.07) is 6.43. The van der Waals surface area contributed by atoms with Crippen molar-refractivity contribution in [1.82, 2.24) is 4.98 Å². The summed E-state index contributed by atoms with van der Waals surface area (Å²) in [4.78, 5) is 13.6. The molecule has 0 aliphatic heterocycles. The molecule has 1 rings (SSSR count). The number of carbonyl (C=O) groups is 1. The van der Waals surface area contributed by atoms with Crippen molar-refractivity contribution in [1.29, 1.82) is 0 Å². The molecule has 0 radical (unpaired) electrons. The summed E-state index contributed by atoms with van der Waals surface area (Å²) < 4.78 is 0. The first-order chi connectivity index (χ1) is 5.94. The van der Waals surface area contributed by atoms with Crippen molar-refractivity contribution in [3.05, 3.63) is 30.6 Å². The summed E-state index contributed by atoms with van der Waals surface area (Å²) >= 11 is 0. The Balaban J connectivity index is 0. The van der Waals surface area contributed by atoms with E-state index in [9.17, 15) is 9.90 Å². The van der Waals surface area contributed by atoms with Crippen molar-refractivity contribution in [3.8, 4) is 0 Å². The third-order valence-corrected chi connectivity index (χ3v) is 1.13. The first kappa shape index (κ1) is 15.7. The quantitative estimate of drug-likeness (QED) is 0.498. The predicted molar refractivity (Wildman–Crippen MR) is 47.5 cm³/mol. The van der Waals surface area contributed by atoms with Gasteiger partial charge in [0.1, 0.15) is 0 Å². The molecule has 4 heteroatoms. The third kappa shape index (κ3) is 9.33. The van der Waals surface area contributed by atoms with Crippen LogP contribution in [0.1, 0.15) is 20.8 Å². The van der Waals surface area contributed by atoms with Crippen molar-refractivity contribution in [3.63, 3.8) is 0 Å². The van der Waals surface area contributed by atoms with Crippen LogP contribution in [0.4, 0.5) is 0 Å². The van der Waals surface area contributed by atoms with E-state index in [2.05, 4.69) is 11.1 Å². The van der Waals surface area contributed by atoms with Crippen LogP contribution < -0.4 is 5.11 Å². The van der Waals surface area contributed by atoms with Crippen LogP contribution in [-0.4, -0.2) is 11.0 Å². The van der Waals surface area contributed by atoms with Crippen molar-refractivity contribution in [2.24, 2.45) is 5.41 Å². The van der Waals surface area contributed by atoms with Crippen molar-refractivity contribution in [2.75, 3.05) is 0 Å². The van der Waals surface area contributed by atoms with Crippen LogP contribution >= 0.6 is 0 Å². The second-order valence-electron chi connectivity index (χ2n) is 3.49. The number of carbonyl (C=O) groups excluding carboxylic acids is 1. The monoisotopic (exact) mass is 243 g/mol. The fourth-order valence-corrected chi connectivity index (χ4v) is 0.277. The number of hydrogen-bond acceptors (Lipinski definition) is 3. The summed E-state index contributed by atoms with van der Waals surface area (Å²) in [5.41, 5.74) is -0.694. The standard InChI is InChI=1S/C5H4N.C5H10O2.Zn/c1-2-4-6-5-3-1;1-5(2,3)4(6)7;/h1-2,4-5H;1-3H3,(H,6,7);/q-1;;+2/p-1. The number of rotatable bonds is 0. The van der Waals surface area contributed by atoms with Crippen molar-refractivity contribution in [2.45, 2.75) is 20.8 Å². The normalized spacial score (nSPS) is 9.07. The molecule has 0 atom stereocenters. The number of pyridine rings is 1. The van der Waals surface area contributed by atoms with E-state index < -0.39 is 11.4 Å². The fraction of sp³-hybridized carbons (Fsp3) is 0.400. The molecule has 0 aliphatic carbocycles. The molecule has 0 aromatic carbocycles. The fourth-order valence-electron chi connectivity index (χ4n) is 0.277. The Labute approximate surface area is 97.3 Å². The SMILES string of the molecule is CC(C)(C)C(=O)[O-].[Zn+2].[c-]1cccnc1. The molecule has 14 heavy (non-hydrogen) atoms. The van der Waals surface area contributed by atoms with Gasteiger partial charge in [0.2, 0.25) is 0 Å². The van der Waals surface area contributed by atoms with Gasteiger partial charge < -0.3 is 14.9 Å². The van der Waals surface area contributed by atoms with E-state index >= 15 is 0 Å². The van der Waals surface area contributed by atoms with Gasteiger partial charge in [-0.2, -0.15) is 6.07 Å². The van der Waals surface area contributed by atoms with Gasteiger partial charge in [-0.05, 0) is 0 Å². The van der Waals surface area contributed by atoms with E-state index in [1.54, 1.807) is 33.2 Å². The number of carboxylic acid groups (broad SMARTS) is 1. The van der Waals surface area contributed by atoms with Crippen LogP contribution in [0.5, 0.6) is 0 Å². The van der Waals surface area contributed by atoms with Gasteiger partial charge >= 0.3 is 19.5 Å². The molecule has 0 saturated carbocycles. The molecule has 72 valence electrons. The van der Waals surface area contributed by atoms with Gasteiger partial charge in [-0.25, -0.2) is 12.1 Å². The average molecular weight is 245 g/mol. The molecule has 1 aromatic heterocycles. The Hall–Kier alpha value is -0.757. The average Bonchev–Trinajstić information content (AvgIpc) is 2.07. The zero-order chi connectivity index (χ0) is 10.3. The molecule has 0 unspecified atom stereocenters. The van der Waals surface area contributed by atoms with E-state index in [0.717, 1.165) is 0 Å². The van der Waals surface area contributed by atoms with Crippen molar-refractivity contribution < 1.29 is 29.4 Å². The molecule has 1 aromatic rings. The smallest absolute Gasteiger partial charge is 0.550 e. The second kappa shape index (κ2) is 7.63. The van der Waals surface area contributed by atoms with Gasteiger partial charge in [0.25, 0.3) is 0 Å². The van der Waals surface area contributed by atoms with E-state index in [1.165, 1.54) is 0 Å². The molecule has 0 amide bonds. The molecule has 0 fully saturated rings. The molecule has 0 saturated heterocycles. The zero-order valence-corrected chi connectivity index (χ0v) is 11.7. The first-order valence-corrected chi connectivity index (χ1v) is 3.92. The predicted octanol–water partition coefficient (Wildman–Crippen LogP) is 0.662. The maximum atomic E-state index is 9.91. The Morgan fingerprint density at radius 1 is 1.43 bits per heavy atom. The molecule has 0 N–H and O–H groups in total. The molecule has 0 bridgehead atoms. The Morgan fingerprint density at radius 3 is 2.00 bits per heavy atom. The van der Waals surface area contributed by atoms with Crippen LogP contribution in [-0.2, 0) is 24.3 Å². The number of nitrogens with zero attached hydrogens (tertiary/aromatic N) is 1. The van der Waals surface area contributed by atoms with Gasteiger partial charge in [0, 0.05) is 11.4 Å². The van der Waals surface area contributed by atoms with Crippen LogP contribution in [0.25, 0.3) is 0 Å². The molecule has 3 nitrogen and oxygen atoms in total. The van der Waals surface area contributed by atoms with Gasteiger partial charge in [-0.3, -0.25) is 0 Å². The number of aliphatic carboxylic acids is 1. The summed E-state index contributed by atoms with van der Waals surface area (Å²) in [7, 11) is 0. The maximum Gasteiger partial charge on any atom is 2.00 e. The van der Waals surface area contributed by atoms with Crippen LogP contribution in [0.3, 0.4) is 0 Å². The van der Waals surface area contributed by atoms with Crippen LogP contribution in [0.15, 0.2) is 24.5 Å². The second-order valence-corrected chi connectivity index (χ2v) is 3.49. The number of hydrogen-bond donors (Lipinski definition) is 0. The first-order valence-electron chi connectivity index (χ1n) is 3.92. The molecular formula is C10H13NO2Zn. The van der Waals surface area contributed by atoms with Crippen LogP contribution in [0.2, 0.25) is 0 Å². The minimum Gasteiger partial charge on any atom is -0.550 e. The molecular weight excluding hydrogens is 232 g/mol. The van der Waals surface area contributed by atoms with E-state index in [1.807, 2.05) is 12.1 Å². The number of aromatic nitrogens is 1. The molecule has 0 aliphatic rings. The number of carboxylic acids is 1. The summed E-state index contributed by atoms with van der Waals surface area (Å²) in [5, 5.41) is 9.91. The van der Waals surface area contributed by atoms with E-state index in [-0.39, 0.29) is 19.5 Å². The van der Waals surface area contributed by atoms with Crippen molar-refractivity contribution >= 4 is 5.97 Å². The minimum absolute atomic E-state index is 0. The zero-order valence-electron chi connectivity index (χ0n) is 8.78. The summed E-state index contributed by atoms with van der Waals surface area (Å²) in [6.07, 6.45) is 3.34. The van der Waals surface area contributed by atoms with E-state index in [0.29, 0.717) is 0 Å². The Kier molecular flexibility index (Phi) is 8.56. The van der Waals surface area contributed by atoms with E-state index in [4.69, 9.17) is 0 Å². The van der Waals surface area contributed by atoms with Gasteiger partial charge in [-0.1, -0.05) is 33.2 Å². The Bertz CT molecular complexity index is 217. The van der Waals surface area contributed by atoms with Gasteiger partial charge in [-0.15, -0.1) is 0 Å². The maximum absolute atomic E-state index is 9.91. The topological polar surface area (TPSA) is 53.0 Å².